The van der Waals surface area contributed by atoms with E-state index in [0.717, 1.165) is 12.3 Å². The monoisotopic (exact) mass is 112 g/mol. The first kappa shape index (κ1) is 3.89. The average molecular weight is 112 g/mol. The van der Waals surface area contributed by atoms with Gasteiger partial charge in [-0.05, 0) is 38.2 Å². The van der Waals surface area contributed by atoms with E-state index < -0.39 is 0 Å². The smallest absolute Gasteiger partial charge is 0.0431 e. The second kappa shape index (κ2) is 1.73. The van der Waals surface area contributed by atoms with E-state index in [9.17, 15) is 0 Å². The van der Waals surface area contributed by atoms with Crippen LogP contribution in [0, 0.1) is 5.92 Å². The first-order valence-corrected chi connectivity index (χ1v) is 3.52. The van der Waals surface area contributed by atoms with Gasteiger partial charge in [0.25, 0.3) is 0 Å². The van der Waals surface area contributed by atoms with Gasteiger partial charge in [0, 0.05) is 7.92 Å². The van der Waals surface area contributed by atoms with Crippen LogP contribution in [0.3, 0.4) is 0 Å². The second-order valence-electron chi connectivity index (χ2n) is 2.91. The third-order valence-corrected chi connectivity index (χ3v) is 2.28. The van der Waals surface area contributed by atoms with Crippen LogP contribution < -0.4 is 0 Å². The number of piperidine rings is 1. The first-order valence-electron chi connectivity index (χ1n) is 4.10. The quantitative estimate of drug-likeness (QED) is 0.453. The largest absolute Gasteiger partial charge is 0.303 e. The van der Waals surface area contributed by atoms with Crippen molar-refractivity contribution in [2.45, 2.75) is 19.3 Å². The van der Waals surface area contributed by atoms with Crippen molar-refractivity contribution in [3.05, 3.63) is 0 Å². The van der Waals surface area contributed by atoms with Crippen LogP contribution in [0.15, 0.2) is 0 Å². The number of nitrogens with zero attached hydrogens (tertiary/aromatic N) is 1. The second-order valence-corrected chi connectivity index (χ2v) is 2.91. The highest BCUT2D eigenvalue weighted by Gasteiger charge is 2.25. The zero-order chi connectivity index (χ0) is 6.27. The van der Waals surface area contributed by atoms with E-state index >= 15 is 0 Å². The summed E-state index contributed by atoms with van der Waals surface area (Å²) >= 11 is 0. The van der Waals surface area contributed by atoms with Crippen molar-refractivity contribution in [2.24, 2.45) is 5.92 Å². The van der Waals surface area contributed by atoms with Crippen LogP contribution >= 0.6 is 0 Å². The Hall–Kier alpha value is -0.0400. The van der Waals surface area contributed by atoms with E-state index in [4.69, 9.17) is 1.37 Å². The topological polar surface area (TPSA) is 3.24 Å². The molecule has 0 aromatic heterocycles. The average Bonchev–Trinajstić information content (AvgIpc) is 2.25. The maximum absolute atomic E-state index is 7.58. The minimum Gasteiger partial charge on any atom is -0.303 e. The molecule has 0 aliphatic carbocycles. The molecule has 2 aliphatic heterocycles. The zero-order valence-electron chi connectivity index (χ0n) is 6.14. The molecule has 0 aromatic rings. The number of hydrogen-bond donors (Lipinski definition) is 0. The van der Waals surface area contributed by atoms with Gasteiger partial charge in [-0.25, -0.2) is 0 Å². The summed E-state index contributed by atoms with van der Waals surface area (Å²) in [6.07, 6.45) is 3.78. The predicted molar refractivity (Wildman–Crippen MR) is 33.8 cm³/mol. The summed E-state index contributed by atoms with van der Waals surface area (Å²) < 4.78 is 7.58. The molecule has 2 saturated heterocycles. The zero-order valence-corrected chi connectivity index (χ0v) is 5.14. The molecule has 0 amide bonds. The first-order chi connectivity index (χ1) is 4.36. The lowest BCUT2D eigenvalue weighted by molar-refractivity contribution is 0.270. The number of rotatable bonds is 0. The Morgan fingerprint density at radius 1 is 1.50 bits per heavy atom. The Kier molecular flexibility index (Phi) is 0.840. The van der Waals surface area contributed by atoms with Gasteiger partial charge in [0.1, 0.15) is 0 Å². The fourth-order valence-corrected chi connectivity index (χ4v) is 1.76. The molecule has 1 nitrogen and oxygen atoms in total. The molecule has 3 atom stereocenters. The van der Waals surface area contributed by atoms with Crippen LogP contribution in [0.2, 0.25) is 0 Å². The summed E-state index contributed by atoms with van der Waals surface area (Å²) in [5.41, 5.74) is 0. The van der Waals surface area contributed by atoms with Gasteiger partial charge >= 0.3 is 0 Å². The standard InChI is InChI=1S/C7H13N/c1-2-7-3-5-8(4-1)6-7/h7H,1-6H2/i4D. The molecular formula is C7H13N. The van der Waals surface area contributed by atoms with Crippen molar-refractivity contribution in [1.29, 1.82) is 0 Å². The predicted octanol–water partition coefficient (Wildman–Crippen LogP) is 1.10. The molecule has 2 rings (SSSR count). The molecular weight excluding hydrogens is 98.1 g/mol. The van der Waals surface area contributed by atoms with Crippen molar-refractivity contribution in [3.8, 4) is 0 Å². The maximum Gasteiger partial charge on any atom is 0.0431 e. The highest BCUT2D eigenvalue weighted by atomic mass is 15.1. The summed E-state index contributed by atoms with van der Waals surface area (Å²) in [6.45, 7) is 2.55. The van der Waals surface area contributed by atoms with Gasteiger partial charge in [-0.15, -0.1) is 0 Å². The van der Waals surface area contributed by atoms with Gasteiger partial charge in [0.05, 0.1) is 0 Å². The van der Waals surface area contributed by atoms with E-state index in [0.29, 0.717) is 0 Å². The van der Waals surface area contributed by atoms with Crippen molar-refractivity contribution < 1.29 is 1.37 Å². The Labute approximate surface area is 52.1 Å². The van der Waals surface area contributed by atoms with Crippen molar-refractivity contribution in [1.82, 2.24) is 4.90 Å². The molecule has 1 heteroatoms. The molecule has 3 unspecified atom stereocenters. The molecule has 0 spiro atoms. The molecule has 0 N–H and O–H groups in total. The van der Waals surface area contributed by atoms with E-state index in [-0.39, 0.29) is 6.52 Å². The summed E-state index contributed by atoms with van der Waals surface area (Å²) in [4.78, 5) is 2.30. The van der Waals surface area contributed by atoms with Crippen LogP contribution in [0.4, 0.5) is 0 Å². The Bertz CT molecular complexity index is 115. The number of fused-ring (bicyclic) bond motifs is 2. The Morgan fingerprint density at radius 2 is 2.50 bits per heavy atom. The fraction of sp³-hybridized carbons (Fsp3) is 1.00. The van der Waals surface area contributed by atoms with Gasteiger partial charge in [0.2, 0.25) is 0 Å². The SMILES string of the molecule is [2H]C1CCC2CCN1C2. The van der Waals surface area contributed by atoms with Crippen molar-refractivity contribution in [2.75, 3.05) is 19.6 Å². The lowest BCUT2D eigenvalue weighted by Gasteiger charge is -2.20. The van der Waals surface area contributed by atoms with Crippen molar-refractivity contribution >= 4 is 0 Å². The lowest BCUT2D eigenvalue weighted by Crippen LogP contribution is -2.25. The Balaban J connectivity index is 2.05. The highest BCUT2D eigenvalue weighted by molar-refractivity contribution is 4.79. The summed E-state index contributed by atoms with van der Waals surface area (Å²) in [5.74, 6) is 0.951. The fourth-order valence-electron chi connectivity index (χ4n) is 1.76. The van der Waals surface area contributed by atoms with Gasteiger partial charge < -0.3 is 4.90 Å². The maximum atomic E-state index is 7.58. The summed E-state index contributed by atoms with van der Waals surface area (Å²) in [5, 5.41) is 0. The van der Waals surface area contributed by atoms with Gasteiger partial charge in [-0.2, -0.15) is 0 Å². The number of hydrogen-bond acceptors (Lipinski definition) is 1. The van der Waals surface area contributed by atoms with Crippen LogP contribution in [-0.4, -0.2) is 24.5 Å². The minimum absolute atomic E-state index is 0.142. The molecule has 2 fully saturated rings. The minimum atomic E-state index is 0.142. The van der Waals surface area contributed by atoms with E-state index in [1.54, 1.807) is 0 Å². The normalized spacial score (nSPS) is 56.0. The van der Waals surface area contributed by atoms with Crippen LogP contribution in [0.5, 0.6) is 0 Å². The van der Waals surface area contributed by atoms with E-state index in [1.165, 1.54) is 25.9 Å². The Morgan fingerprint density at radius 3 is 3.38 bits per heavy atom. The van der Waals surface area contributed by atoms with E-state index in [2.05, 4.69) is 4.90 Å². The molecule has 8 heavy (non-hydrogen) atoms. The summed E-state index contributed by atoms with van der Waals surface area (Å²) in [6, 6.07) is 0. The third-order valence-electron chi connectivity index (χ3n) is 2.28. The third kappa shape index (κ3) is 0.655. The molecule has 2 aliphatic rings. The van der Waals surface area contributed by atoms with Crippen LogP contribution in [0.25, 0.3) is 0 Å². The van der Waals surface area contributed by atoms with Crippen LogP contribution in [-0.2, 0) is 0 Å². The lowest BCUT2D eigenvalue weighted by atomic mass is 10.0. The molecule has 0 saturated carbocycles. The van der Waals surface area contributed by atoms with Gasteiger partial charge in [0.15, 0.2) is 0 Å². The molecule has 2 heterocycles. The van der Waals surface area contributed by atoms with Gasteiger partial charge in [-0.1, -0.05) is 0 Å². The summed E-state index contributed by atoms with van der Waals surface area (Å²) in [7, 11) is 0. The molecule has 2 bridgehead atoms. The molecule has 0 aromatic carbocycles. The van der Waals surface area contributed by atoms with E-state index in [1.807, 2.05) is 0 Å². The highest BCUT2D eigenvalue weighted by Crippen LogP contribution is 2.25. The van der Waals surface area contributed by atoms with Gasteiger partial charge in [-0.3, -0.25) is 0 Å². The molecule has 0 radical (unpaired) electrons. The molecule has 46 valence electrons. The van der Waals surface area contributed by atoms with Crippen LogP contribution in [0.1, 0.15) is 20.6 Å². The van der Waals surface area contributed by atoms with Crippen molar-refractivity contribution in [3.63, 3.8) is 0 Å².